The Bertz CT molecular complexity index is 944. The molecule has 7 heteroatoms. The molecule has 3 atom stereocenters. The molecule has 3 aliphatic rings. The zero-order chi connectivity index (χ0) is 18.5. The summed E-state index contributed by atoms with van der Waals surface area (Å²) < 4.78 is 2.00. The van der Waals surface area contributed by atoms with Crippen LogP contribution >= 0.6 is 11.6 Å². The van der Waals surface area contributed by atoms with Crippen molar-refractivity contribution in [3.63, 3.8) is 0 Å². The molecule has 1 aromatic heterocycles. The number of halogens is 1. The van der Waals surface area contributed by atoms with Gasteiger partial charge in [-0.25, -0.2) is 0 Å². The van der Waals surface area contributed by atoms with Gasteiger partial charge >= 0.3 is 0 Å². The molecule has 2 bridgehead atoms. The van der Waals surface area contributed by atoms with E-state index in [1.165, 1.54) is 12.8 Å². The summed E-state index contributed by atoms with van der Waals surface area (Å²) in [5.74, 6) is -0.171. The highest BCUT2D eigenvalue weighted by Crippen LogP contribution is 2.38. The fourth-order valence-electron chi connectivity index (χ4n) is 4.45. The van der Waals surface area contributed by atoms with E-state index in [0.717, 1.165) is 30.4 Å². The number of hydrogen-bond acceptors (Lipinski definition) is 4. The molecule has 6 nitrogen and oxygen atoms in total. The second kappa shape index (κ2) is 6.28. The first-order valence-electron chi connectivity index (χ1n) is 9.47. The summed E-state index contributed by atoms with van der Waals surface area (Å²) in [5, 5.41) is 17.2. The van der Waals surface area contributed by atoms with Crippen LogP contribution < -0.4 is 5.32 Å². The van der Waals surface area contributed by atoms with E-state index in [4.69, 9.17) is 11.6 Å². The molecule has 1 aromatic carbocycles. The van der Waals surface area contributed by atoms with Crippen LogP contribution in [-0.4, -0.2) is 38.7 Å². The number of benzene rings is 1. The summed E-state index contributed by atoms with van der Waals surface area (Å²) in [6.45, 7) is 0. The molecule has 3 fully saturated rings. The Kier molecular flexibility index (Phi) is 3.87. The average Bonchev–Trinajstić information content (AvgIpc) is 3.13. The van der Waals surface area contributed by atoms with Crippen LogP contribution in [-0.2, 0) is 0 Å². The maximum absolute atomic E-state index is 12.7. The molecule has 0 radical (unpaired) electrons. The SMILES string of the molecule is N#CN1[C@H]2CC[C@@H]1[C@H](NC(=O)c1ccc(-c3cnn(C4CC4)c3)cc1Cl)C2. The second-order valence-electron chi connectivity index (χ2n) is 7.76. The Balaban J connectivity index is 1.31. The van der Waals surface area contributed by atoms with Crippen LogP contribution in [0.5, 0.6) is 0 Å². The maximum atomic E-state index is 12.7. The van der Waals surface area contributed by atoms with Gasteiger partial charge in [-0.3, -0.25) is 9.48 Å². The van der Waals surface area contributed by atoms with Gasteiger partial charge in [0.25, 0.3) is 5.91 Å². The molecule has 138 valence electrons. The number of hydrogen-bond donors (Lipinski definition) is 1. The molecular weight excluding hydrogens is 362 g/mol. The van der Waals surface area contributed by atoms with Crippen molar-refractivity contribution in [1.29, 1.82) is 5.26 Å². The first-order chi connectivity index (χ1) is 13.1. The number of amides is 1. The highest BCUT2D eigenvalue weighted by molar-refractivity contribution is 6.34. The van der Waals surface area contributed by atoms with Gasteiger partial charge in [0.15, 0.2) is 6.19 Å². The fraction of sp³-hybridized carbons (Fsp3) is 0.450. The van der Waals surface area contributed by atoms with Gasteiger partial charge < -0.3 is 10.2 Å². The van der Waals surface area contributed by atoms with E-state index in [9.17, 15) is 10.1 Å². The van der Waals surface area contributed by atoms with Crippen LogP contribution in [0.1, 0.15) is 48.5 Å². The minimum absolute atomic E-state index is 0.0171. The standard InChI is InChI=1S/C20H20ClN5O/c21-17-7-12(13-9-23-26(10-13)14-2-3-14)1-5-16(17)20(27)24-18-8-15-4-6-19(18)25(15)11-22/h1,5,7,9-10,14-15,18-19H,2-4,6,8H2,(H,24,27)/t15-,18+,19+/m0/s1. The summed E-state index contributed by atoms with van der Waals surface area (Å²) in [7, 11) is 0. The van der Waals surface area contributed by atoms with Gasteiger partial charge in [0, 0.05) is 17.8 Å². The fourth-order valence-corrected chi connectivity index (χ4v) is 4.72. The zero-order valence-corrected chi connectivity index (χ0v) is 15.6. The Morgan fingerprint density at radius 1 is 1.22 bits per heavy atom. The molecule has 2 aliphatic heterocycles. The topological polar surface area (TPSA) is 74.0 Å². The Hall–Kier alpha value is -2.52. The molecule has 2 aromatic rings. The van der Waals surface area contributed by atoms with Crippen molar-refractivity contribution in [2.45, 2.75) is 56.3 Å². The van der Waals surface area contributed by atoms with Crippen molar-refractivity contribution in [2.24, 2.45) is 0 Å². The smallest absolute Gasteiger partial charge is 0.253 e. The lowest BCUT2D eigenvalue weighted by molar-refractivity contribution is 0.0928. The van der Waals surface area contributed by atoms with Gasteiger partial charge in [0.2, 0.25) is 0 Å². The van der Waals surface area contributed by atoms with E-state index in [0.29, 0.717) is 16.6 Å². The van der Waals surface area contributed by atoms with Gasteiger partial charge in [-0.05, 0) is 49.8 Å². The van der Waals surface area contributed by atoms with Crippen LogP contribution in [0, 0.1) is 11.5 Å². The average molecular weight is 382 g/mol. The highest BCUT2D eigenvalue weighted by atomic mass is 35.5. The number of carbonyl (C=O) groups is 1. The molecule has 0 spiro atoms. The molecule has 1 saturated carbocycles. The molecule has 1 aliphatic carbocycles. The molecular formula is C20H20ClN5O. The Morgan fingerprint density at radius 2 is 2.04 bits per heavy atom. The summed E-state index contributed by atoms with van der Waals surface area (Å²) in [6, 6.07) is 6.46. The number of carbonyl (C=O) groups excluding carboxylic acids is 1. The minimum atomic E-state index is -0.171. The molecule has 27 heavy (non-hydrogen) atoms. The van der Waals surface area contributed by atoms with Gasteiger partial charge in [-0.2, -0.15) is 10.4 Å². The Labute approximate surface area is 162 Å². The van der Waals surface area contributed by atoms with E-state index < -0.39 is 0 Å². The van der Waals surface area contributed by atoms with E-state index >= 15 is 0 Å². The van der Waals surface area contributed by atoms with Gasteiger partial charge in [0.1, 0.15) is 0 Å². The summed E-state index contributed by atoms with van der Waals surface area (Å²) in [6.07, 6.45) is 11.4. The maximum Gasteiger partial charge on any atom is 0.253 e. The summed E-state index contributed by atoms with van der Waals surface area (Å²) in [5.41, 5.74) is 2.44. The number of fused-ring (bicyclic) bond motifs is 2. The quantitative estimate of drug-likeness (QED) is 0.824. The van der Waals surface area contributed by atoms with Crippen molar-refractivity contribution in [3.05, 3.63) is 41.2 Å². The molecule has 5 rings (SSSR count). The van der Waals surface area contributed by atoms with Gasteiger partial charge in [0.05, 0.1) is 34.9 Å². The van der Waals surface area contributed by atoms with Crippen LogP contribution in [0.15, 0.2) is 30.6 Å². The van der Waals surface area contributed by atoms with Crippen molar-refractivity contribution in [2.75, 3.05) is 0 Å². The predicted octanol–water partition coefficient (Wildman–Crippen LogP) is 3.35. The first-order valence-corrected chi connectivity index (χ1v) is 9.85. The highest BCUT2D eigenvalue weighted by Gasteiger charge is 2.46. The number of nitrogens with zero attached hydrogens (tertiary/aromatic N) is 4. The summed E-state index contributed by atoms with van der Waals surface area (Å²) >= 11 is 6.43. The predicted molar refractivity (Wildman–Crippen MR) is 101 cm³/mol. The molecule has 0 unspecified atom stereocenters. The van der Waals surface area contributed by atoms with Crippen LogP contribution in [0.25, 0.3) is 11.1 Å². The second-order valence-corrected chi connectivity index (χ2v) is 8.16. The lowest BCUT2D eigenvalue weighted by Crippen LogP contribution is -2.43. The zero-order valence-electron chi connectivity index (χ0n) is 14.8. The lowest BCUT2D eigenvalue weighted by atomic mass is 9.95. The van der Waals surface area contributed by atoms with E-state index in [1.807, 2.05) is 34.1 Å². The number of aromatic nitrogens is 2. The molecule has 2 saturated heterocycles. The normalized spacial score (nSPS) is 26.2. The van der Waals surface area contributed by atoms with E-state index in [1.54, 1.807) is 6.07 Å². The van der Waals surface area contributed by atoms with Crippen LogP contribution in [0.4, 0.5) is 0 Å². The largest absolute Gasteiger partial charge is 0.347 e. The van der Waals surface area contributed by atoms with Crippen molar-refractivity contribution in [1.82, 2.24) is 20.0 Å². The lowest BCUT2D eigenvalue weighted by Gasteiger charge is -2.22. The van der Waals surface area contributed by atoms with Crippen molar-refractivity contribution < 1.29 is 4.79 Å². The molecule has 1 N–H and O–H groups in total. The number of nitriles is 1. The molecule has 3 heterocycles. The van der Waals surface area contributed by atoms with Crippen LogP contribution in [0.3, 0.4) is 0 Å². The van der Waals surface area contributed by atoms with E-state index in [2.05, 4.69) is 16.6 Å². The van der Waals surface area contributed by atoms with Gasteiger partial charge in [-0.15, -0.1) is 0 Å². The van der Waals surface area contributed by atoms with Crippen LogP contribution in [0.2, 0.25) is 5.02 Å². The van der Waals surface area contributed by atoms with Crippen molar-refractivity contribution >= 4 is 17.5 Å². The molecule has 1 amide bonds. The third kappa shape index (κ3) is 2.87. The number of rotatable bonds is 4. The third-order valence-corrected chi connectivity index (χ3v) is 6.35. The minimum Gasteiger partial charge on any atom is -0.347 e. The van der Waals surface area contributed by atoms with Gasteiger partial charge in [-0.1, -0.05) is 17.7 Å². The number of nitrogens with one attached hydrogen (secondary N) is 1. The monoisotopic (exact) mass is 381 g/mol. The van der Waals surface area contributed by atoms with Crippen molar-refractivity contribution in [3.8, 4) is 17.3 Å². The van der Waals surface area contributed by atoms with E-state index in [-0.39, 0.29) is 24.0 Å². The Morgan fingerprint density at radius 3 is 2.74 bits per heavy atom. The first kappa shape index (κ1) is 16.6. The third-order valence-electron chi connectivity index (χ3n) is 6.04. The summed E-state index contributed by atoms with van der Waals surface area (Å²) in [4.78, 5) is 14.6.